The van der Waals surface area contributed by atoms with Gasteiger partial charge in [-0.15, -0.1) is 0 Å². The summed E-state index contributed by atoms with van der Waals surface area (Å²) in [4.78, 5) is 26.2. The van der Waals surface area contributed by atoms with E-state index in [9.17, 15) is 9.59 Å². The van der Waals surface area contributed by atoms with E-state index < -0.39 is 0 Å². The summed E-state index contributed by atoms with van der Waals surface area (Å²) in [5, 5.41) is 0.519. The lowest BCUT2D eigenvalue weighted by Crippen LogP contribution is -2.27. The van der Waals surface area contributed by atoms with Crippen LogP contribution in [0.3, 0.4) is 0 Å². The van der Waals surface area contributed by atoms with E-state index in [0.29, 0.717) is 32.0 Å². The van der Waals surface area contributed by atoms with Crippen molar-refractivity contribution in [3.63, 3.8) is 0 Å². The molecule has 122 valence electrons. The Bertz CT molecular complexity index is 867. The Labute approximate surface area is 153 Å². The van der Waals surface area contributed by atoms with Crippen molar-refractivity contribution in [2.75, 3.05) is 12.0 Å². The predicted octanol–water partition coefficient (Wildman–Crippen LogP) is 5.24. The molecule has 4 nitrogen and oxygen atoms in total. The lowest BCUT2D eigenvalue weighted by atomic mass is 10.2. The number of carbonyl (C=O) groups is 2. The molecule has 24 heavy (non-hydrogen) atoms. The van der Waals surface area contributed by atoms with Crippen LogP contribution in [0.4, 0.5) is 10.5 Å². The maximum atomic E-state index is 12.6. The molecule has 0 bridgehead atoms. The van der Waals surface area contributed by atoms with Crippen molar-refractivity contribution in [2.24, 2.45) is 0 Å². The molecule has 0 unspecified atom stereocenters. The van der Waals surface area contributed by atoms with Crippen LogP contribution in [-0.2, 0) is 4.79 Å². The summed E-state index contributed by atoms with van der Waals surface area (Å²) >= 11 is 12.9. The van der Waals surface area contributed by atoms with Gasteiger partial charge in [0.25, 0.3) is 11.1 Å². The Kier molecular flexibility index (Phi) is 4.85. The summed E-state index contributed by atoms with van der Waals surface area (Å²) in [6, 6.07) is 11.7. The number of imide groups is 1. The van der Waals surface area contributed by atoms with Gasteiger partial charge in [-0.3, -0.25) is 9.59 Å². The summed E-state index contributed by atoms with van der Waals surface area (Å²) in [6.07, 6.45) is 1.63. The molecule has 0 saturated carbocycles. The highest BCUT2D eigenvalue weighted by molar-refractivity contribution is 8.19. The van der Waals surface area contributed by atoms with Crippen LogP contribution >= 0.6 is 35.0 Å². The Balaban J connectivity index is 1.92. The van der Waals surface area contributed by atoms with Gasteiger partial charge in [0.2, 0.25) is 0 Å². The van der Waals surface area contributed by atoms with Crippen molar-refractivity contribution in [1.82, 2.24) is 0 Å². The van der Waals surface area contributed by atoms with Crippen LogP contribution in [0.25, 0.3) is 6.08 Å². The Morgan fingerprint density at radius 3 is 2.58 bits per heavy atom. The van der Waals surface area contributed by atoms with Gasteiger partial charge in [0.1, 0.15) is 5.75 Å². The molecule has 7 heteroatoms. The van der Waals surface area contributed by atoms with E-state index in [1.807, 2.05) is 0 Å². The smallest absolute Gasteiger partial charge is 0.298 e. The zero-order valence-electron chi connectivity index (χ0n) is 12.5. The molecule has 0 aliphatic carbocycles. The van der Waals surface area contributed by atoms with Crippen LogP contribution < -0.4 is 9.64 Å². The van der Waals surface area contributed by atoms with Crippen LogP contribution in [0.1, 0.15) is 5.56 Å². The number of benzene rings is 2. The van der Waals surface area contributed by atoms with Crippen molar-refractivity contribution < 1.29 is 14.3 Å². The van der Waals surface area contributed by atoms with Crippen LogP contribution in [0.2, 0.25) is 10.0 Å². The largest absolute Gasteiger partial charge is 0.495 e. The topological polar surface area (TPSA) is 46.6 Å². The molecule has 2 aromatic rings. The number of anilines is 1. The molecule has 1 aliphatic heterocycles. The van der Waals surface area contributed by atoms with Crippen molar-refractivity contribution in [3.8, 4) is 5.75 Å². The van der Waals surface area contributed by atoms with E-state index >= 15 is 0 Å². The summed E-state index contributed by atoms with van der Waals surface area (Å²) < 4.78 is 5.09. The van der Waals surface area contributed by atoms with E-state index in [0.717, 1.165) is 16.7 Å². The van der Waals surface area contributed by atoms with E-state index in [2.05, 4.69) is 0 Å². The van der Waals surface area contributed by atoms with Gasteiger partial charge >= 0.3 is 0 Å². The minimum absolute atomic E-state index is 0.321. The first kappa shape index (κ1) is 16.9. The number of rotatable bonds is 3. The summed E-state index contributed by atoms with van der Waals surface area (Å²) in [5.74, 6) is 0.153. The fourth-order valence-corrected chi connectivity index (χ4v) is 3.52. The Morgan fingerprint density at radius 1 is 1.12 bits per heavy atom. The number of hydrogen-bond donors (Lipinski definition) is 0. The molecular formula is C17H11Cl2NO3S. The second-order valence-corrected chi connectivity index (χ2v) is 6.73. The highest BCUT2D eigenvalue weighted by atomic mass is 35.5. The Morgan fingerprint density at radius 2 is 1.92 bits per heavy atom. The number of methoxy groups -OCH3 is 1. The minimum atomic E-state index is -0.390. The summed E-state index contributed by atoms with van der Waals surface area (Å²) in [6.45, 7) is 0. The van der Waals surface area contributed by atoms with Crippen molar-refractivity contribution in [2.45, 2.75) is 0 Å². The fourth-order valence-electron chi connectivity index (χ4n) is 2.23. The lowest BCUT2D eigenvalue weighted by Gasteiger charge is -2.12. The first-order chi connectivity index (χ1) is 11.5. The third-order valence-electron chi connectivity index (χ3n) is 3.33. The molecule has 0 N–H and O–H groups in total. The summed E-state index contributed by atoms with van der Waals surface area (Å²) in [7, 11) is 1.53. The molecule has 1 heterocycles. The Hall–Kier alpha value is -1.95. The average Bonchev–Trinajstić information content (AvgIpc) is 2.81. The zero-order chi connectivity index (χ0) is 17.3. The van der Waals surface area contributed by atoms with E-state index in [1.54, 1.807) is 48.5 Å². The molecule has 3 rings (SSSR count). The van der Waals surface area contributed by atoms with E-state index in [-0.39, 0.29) is 11.1 Å². The van der Waals surface area contributed by atoms with Crippen LogP contribution in [0, 0.1) is 0 Å². The number of hydrogen-bond acceptors (Lipinski definition) is 4. The van der Waals surface area contributed by atoms with E-state index in [1.165, 1.54) is 7.11 Å². The second kappa shape index (κ2) is 6.89. The molecule has 1 aliphatic rings. The third kappa shape index (κ3) is 3.29. The number of amides is 2. The van der Waals surface area contributed by atoms with Gasteiger partial charge in [-0.25, -0.2) is 4.90 Å². The first-order valence-corrected chi connectivity index (χ1v) is 8.44. The van der Waals surface area contributed by atoms with E-state index in [4.69, 9.17) is 27.9 Å². The van der Waals surface area contributed by atoms with Crippen LogP contribution in [-0.4, -0.2) is 18.3 Å². The van der Waals surface area contributed by atoms with Gasteiger partial charge < -0.3 is 4.74 Å². The van der Waals surface area contributed by atoms with Gasteiger partial charge in [0.05, 0.1) is 22.7 Å². The lowest BCUT2D eigenvalue weighted by molar-refractivity contribution is -0.113. The van der Waals surface area contributed by atoms with Gasteiger partial charge in [0, 0.05) is 5.02 Å². The minimum Gasteiger partial charge on any atom is -0.495 e. The van der Waals surface area contributed by atoms with Crippen molar-refractivity contribution >= 4 is 57.9 Å². The monoisotopic (exact) mass is 379 g/mol. The van der Waals surface area contributed by atoms with Crippen molar-refractivity contribution in [1.29, 1.82) is 0 Å². The molecule has 0 spiro atoms. The second-order valence-electron chi connectivity index (χ2n) is 4.89. The predicted molar refractivity (Wildman–Crippen MR) is 97.9 cm³/mol. The van der Waals surface area contributed by atoms with Gasteiger partial charge in [-0.2, -0.15) is 0 Å². The number of thioether (sulfide) groups is 1. The first-order valence-electron chi connectivity index (χ1n) is 6.86. The van der Waals surface area contributed by atoms with Crippen LogP contribution in [0.15, 0.2) is 47.4 Å². The SMILES string of the molecule is COc1ccc(C=C2SC(=O)N(c3cccc(Cl)c3)C2=O)cc1Cl. The number of carbonyl (C=O) groups excluding carboxylic acids is 2. The molecular weight excluding hydrogens is 369 g/mol. The van der Waals surface area contributed by atoms with Gasteiger partial charge in [0.15, 0.2) is 0 Å². The molecule has 0 radical (unpaired) electrons. The molecule has 0 aromatic heterocycles. The maximum Gasteiger partial charge on any atom is 0.298 e. The molecule has 0 atom stereocenters. The number of ether oxygens (including phenoxy) is 1. The normalized spacial score (nSPS) is 16.1. The third-order valence-corrected chi connectivity index (χ3v) is 4.73. The molecule has 2 amide bonds. The maximum absolute atomic E-state index is 12.6. The standard InChI is InChI=1S/C17H11Cl2NO3S/c1-23-14-6-5-10(7-13(14)19)8-15-16(21)20(17(22)24-15)12-4-2-3-11(18)9-12/h2-9H,1H3. The van der Waals surface area contributed by atoms with Gasteiger partial charge in [-0.05, 0) is 53.7 Å². The highest BCUT2D eigenvalue weighted by Crippen LogP contribution is 2.37. The number of nitrogens with zero attached hydrogens (tertiary/aromatic N) is 1. The van der Waals surface area contributed by atoms with Gasteiger partial charge in [-0.1, -0.05) is 35.3 Å². The molecule has 1 saturated heterocycles. The highest BCUT2D eigenvalue weighted by Gasteiger charge is 2.36. The van der Waals surface area contributed by atoms with Crippen LogP contribution in [0.5, 0.6) is 5.75 Å². The number of halogens is 2. The zero-order valence-corrected chi connectivity index (χ0v) is 14.8. The molecule has 2 aromatic carbocycles. The fraction of sp³-hybridized carbons (Fsp3) is 0.0588. The average molecular weight is 380 g/mol. The van der Waals surface area contributed by atoms with Crippen molar-refractivity contribution in [3.05, 3.63) is 63.0 Å². The summed E-state index contributed by atoms with van der Waals surface area (Å²) in [5.41, 5.74) is 1.15. The quantitative estimate of drug-likeness (QED) is 0.683. The molecule has 1 fully saturated rings.